The Kier molecular flexibility index (Phi) is 4.48. The molecule has 0 aliphatic heterocycles. The summed E-state index contributed by atoms with van der Waals surface area (Å²) in [5, 5.41) is 0.0754. The van der Waals surface area contributed by atoms with Crippen molar-refractivity contribution < 1.29 is 4.21 Å². The number of hydrogen-bond donors (Lipinski definition) is 1. The zero-order chi connectivity index (χ0) is 11.4. The zero-order valence-corrected chi connectivity index (χ0v) is 10.4. The molecule has 0 saturated carbocycles. The van der Waals surface area contributed by atoms with Crippen LogP contribution < -0.4 is 5.73 Å². The molecule has 0 saturated heterocycles. The molecule has 0 radical (unpaired) electrons. The number of aryl methyl sites for hydroxylation is 2. The summed E-state index contributed by atoms with van der Waals surface area (Å²) in [6.07, 6.45) is 0.858. The lowest BCUT2D eigenvalue weighted by molar-refractivity contribution is 0.663. The van der Waals surface area contributed by atoms with E-state index in [4.69, 9.17) is 5.73 Å². The van der Waals surface area contributed by atoms with Gasteiger partial charge in [0.1, 0.15) is 0 Å². The molecule has 15 heavy (non-hydrogen) atoms. The van der Waals surface area contributed by atoms with Crippen LogP contribution in [0.4, 0.5) is 0 Å². The molecule has 1 aromatic carbocycles. The summed E-state index contributed by atoms with van der Waals surface area (Å²) in [6.45, 7) is 6.55. The van der Waals surface area contributed by atoms with Gasteiger partial charge in [-0.25, -0.2) is 0 Å². The summed E-state index contributed by atoms with van der Waals surface area (Å²) in [5.74, 6) is 0. The van der Waals surface area contributed by atoms with E-state index < -0.39 is 10.8 Å². The SMILES string of the molecule is CCC(CN)S(=O)c1ccc(C)cc1C. The van der Waals surface area contributed by atoms with Crippen molar-refractivity contribution in [3.63, 3.8) is 0 Å². The second kappa shape index (κ2) is 5.42. The largest absolute Gasteiger partial charge is 0.329 e. The van der Waals surface area contributed by atoms with E-state index in [1.807, 2.05) is 32.9 Å². The van der Waals surface area contributed by atoms with Gasteiger partial charge in [0.2, 0.25) is 0 Å². The van der Waals surface area contributed by atoms with Crippen LogP contribution in [0.15, 0.2) is 23.1 Å². The van der Waals surface area contributed by atoms with E-state index in [-0.39, 0.29) is 5.25 Å². The zero-order valence-electron chi connectivity index (χ0n) is 9.62. The van der Waals surface area contributed by atoms with Crippen LogP contribution in [0, 0.1) is 13.8 Å². The summed E-state index contributed by atoms with van der Waals surface area (Å²) in [6, 6.07) is 6.03. The standard InChI is InChI=1S/C12H19NOS/c1-4-11(8-13)15(14)12-6-5-9(2)7-10(12)3/h5-7,11H,4,8,13H2,1-3H3. The molecule has 0 heterocycles. The first-order valence-corrected chi connectivity index (χ1v) is 6.49. The van der Waals surface area contributed by atoms with E-state index in [0.717, 1.165) is 16.9 Å². The third kappa shape index (κ3) is 2.89. The molecule has 2 N–H and O–H groups in total. The highest BCUT2D eigenvalue weighted by molar-refractivity contribution is 7.85. The predicted octanol–water partition coefficient (Wildman–Crippen LogP) is 2.15. The van der Waals surface area contributed by atoms with Crippen LogP contribution in [-0.4, -0.2) is 16.0 Å². The van der Waals surface area contributed by atoms with Crippen LogP contribution in [0.5, 0.6) is 0 Å². The summed E-state index contributed by atoms with van der Waals surface area (Å²) < 4.78 is 12.2. The average Bonchev–Trinajstić information content (AvgIpc) is 2.19. The average molecular weight is 225 g/mol. The molecule has 0 aliphatic rings. The molecule has 0 spiro atoms. The van der Waals surface area contributed by atoms with E-state index in [2.05, 4.69) is 6.07 Å². The van der Waals surface area contributed by atoms with Crippen molar-refractivity contribution in [3.8, 4) is 0 Å². The van der Waals surface area contributed by atoms with Gasteiger partial charge in [-0.3, -0.25) is 4.21 Å². The molecule has 0 aromatic heterocycles. The minimum atomic E-state index is -0.966. The van der Waals surface area contributed by atoms with Crippen LogP contribution >= 0.6 is 0 Å². The lowest BCUT2D eigenvalue weighted by Gasteiger charge is -2.14. The monoisotopic (exact) mass is 225 g/mol. The molecular weight excluding hydrogens is 206 g/mol. The molecular formula is C12H19NOS. The Labute approximate surface area is 94.3 Å². The maximum Gasteiger partial charge on any atom is 0.0576 e. The second-order valence-electron chi connectivity index (χ2n) is 3.83. The van der Waals surface area contributed by atoms with Crippen LogP contribution in [-0.2, 0) is 10.8 Å². The Morgan fingerprint density at radius 1 is 1.40 bits per heavy atom. The van der Waals surface area contributed by atoms with Gasteiger partial charge in [0.05, 0.1) is 16.0 Å². The summed E-state index contributed by atoms with van der Waals surface area (Å²) in [7, 11) is -0.966. The fourth-order valence-electron chi connectivity index (χ4n) is 1.61. The topological polar surface area (TPSA) is 43.1 Å². The smallest absolute Gasteiger partial charge is 0.0576 e. The van der Waals surface area contributed by atoms with Crippen LogP contribution in [0.25, 0.3) is 0 Å². The lowest BCUT2D eigenvalue weighted by Crippen LogP contribution is -2.25. The molecule has 1 aromatic rings. The third-order valence-electron chi connectivity index (χ3n) is 2.57. The highest BCUT2D eigenvalue weighted by Gasteiger charge is 2.16. The molecule has 84 valence electrons. The predicted molar refractivity (Wildman–Crippen MR) is 65.5 cm³/mol. The molecule has 3 heteroatoms. The minimum Gasteiger partial charge on any atom is -0.329 e. The minimum absolute atomic E-state index is 0.0754. The van der Waals surface area contributed by atoms with Gasteiger partial charge in [0, 0.05) is 11.4 Å². The Morgan fingerprint density at radius 2 is 2.07 bits per heavy atom. The Bertz CT molecular complexity index is 359. The van der Waals surface area contributed by atoms with Crippen molar-refractivity contribution in [1.29, 1.82) is 0 Å². The first-order valence-electron chi connectivity index (χ1n) is 5.28. The van der Waals surface area contributed by atoms with E-state index >= 15 is 0 Å². The van der Waals surface area contributed by atoms with Gasteiger partial charge in [-0.2, -0.15) is 0 Å². The van der Waals surface area contributed by atoms with Gasteiger partial charge < -0.3 is 5.73 Å². The first kappa shape index (κ1) is 12.4. The van der Waals surface area contributed by atoms with Crippen LogP contribution in [0.3, 0.4) is 0 Å². The molecule has 0 fully saturated rings. The number of benzene rings is 1. The van der Waals surface area contributed by atoms with Crippen LogP contribution in [0.2, 0.25) is 0 Å². The summed E-state index contributed by atoms with van der Waals surface area (Å²) >= 11 is 0. The van der Waals surface area contributed by atoms with Gasteiger partial charge >= 0.3 is 0 Å². The maximum absolute atomic E-state index is 12.2. The summed E-state index contributed by atoms with van der Waals surface area (Å²) in [4.78, 5) is 0.929. The lowest BCUT2D eigenvalue weighted by atomic mass is 10.2. The molecule has 0 bridgehead atoms. The van der Waals surface area contributed by atoms with Crippen molar-refractivity contribution in [2.24, 2.45) is 5.73 Å². The highest BCUT2D eigenvalue weighted by Crippen LogP contribution is 2.18. The number of nitrogens with two attached hydrogens (primary N) is 1. The van der Waals surface area contributed by atoms with E-state index in [1.54, 1.807) is 0 Å². The molecule has 0 aliphatic carbocycles. The van der Waals surface area contributed by atoms with Crippen LogP contribution in [0.1, 0.15) is 24.5 Å². The fraction of sp³-hybridized carbons (Fsp3) is 0.500. The van der Waals surface area contributed by atoms with Gasteiger partial charge in [0.25, 0.3) is 0 Å². The third-order valence-corrected chi connectivity index (χ3v) is 4.59. The van der Waals surface area contributed by atoms with Crippen molar-refractivity contribution in [2.45, 2.75) is 37.3 Å². The highest BCUT2D eigenvalue weighted by atomic mass is 32.2. The maximum atomic E-state index is 12.2. The normalized spacial score (nSPS) is 14.9. The summed E-state index contributed by atoms with van der Waals surface area (Å²) in [5.41, 5.74) is 7.91. The fourth-order valence-corrected chi connectivity index (χ4v) is 3.03. The van der Waals surface area contributed by atoms with Crippen molar-refractivity contribution in [2.75, 3.05) is 6.54 Å². The van der Waals surface area contributed by atoms with E-state index in [9.17, 15) is 4.21 Å². The molecule has 1 rings (SSSR count). The molecule has 2 nitrogen and oxygen atoms in total. The Balaban J connectivity index is 3.00. The number of rotatable bonds is 4. The quantitative estimate of drug-likeness (QED) is 0.853. The van der Waals surface area contributed by atoms with Gasteiger partial charge in [-0.05, 0) is 31.9 Å². The van der Waals surface area contributed by atoms with Gasteiger partial charge in [-0.15, -0.1) is 0 Å². The molecule has 2 atom stereocenters. The van der Waals surface area contributed by atoms with Crippen molar-refractivity contribution >= 4 is 10.8 Å². The second-order valence-corrected chi connectivity index (χ2v) is 5.53. The van der Waals surface area contributed by atoms with Crippen molar-refractivity contribution in [1.82, 2.24) is 0 Å². The van der Waals surface area contributed by atoms with E-state index in [1.165, 1.54) is 5.56 Å². The van der Waals surface area contributed by atoms with Gasteiger partial charge in [0.15, 0.2) is 0 Å². The van der Waals surface area contributed by atoms with Gasteiger partial charge in [-0.1, -0.05) is 24.6 Å². The molecule has 2 unspecified atom stereocenters. The molecule has 0 amide bonds. The Morgan fingerprint density at radius 3 is 2.53 bits per heavy atom. The van der Waals surface area contributed by atoms with Crippen molar-refractivity contribution in [3.05, 3.63) is 29.3 Å². The van der Waals surface area contributed by atoms with E-state index in [0.29, 0.717) is 6.54 Å². The first-order chi connectivity index (χ1) is 7.10. The number of hydrogen-bond acceptors (Lipinski definition) is 2. The Hall–Kier alpha value is -0.670.